The van der Waals surface area contributed by atoms with Gasteiger partial charge in [-0.1, -0.05) is 12.1 Å². The van der Waals surface area contributed by atoms with Crippen molar-refractivity contribution in [3.8, 4) is 6.07 Å². The Balaban J connectivity index is 2.84. The van der Waals surface area contributed by atoms with Crippen LogP contribution < -0.4 is 4.72 Å². The van der Waals surface area contributed by atoms with Crippen LogP contribution in [0, 0.1) is 11.3 Å². The summed E-state index contributed by atoms with van der Waals surface area (Å²) in [7, 11) is -3.74. The number of rotatable bonds is 5. The monoisotopic (exact) mass is 254 g/mol. The van der Waals surface area contributed by atoms with E-state index in [2.05, 4.69) is 4.72 Å². The van der Waals surface area contributed by atoms with E-state index in [9.17, 15) is 13.2 Å². The molecule has 0 aromatic heterocycles. The van der Waals surface area contributed by atoms with Crippen molar-refractivity contribution in [3.05, 3.63) is 29.8 Å². The number of carbonyl (C=O) groups is 1. The number of aliphatic carboxylic acids is 1. The molecule has 1 rings (SSSR count). The van der Waals surface area contributed by atoms with Crippen LogP contribution >= 0.6 is 0 Å². The first-order valence-electron chi connectivity index (χ1n) is 4.66. The van der Waals surface area contributed by atoms with E-state index in [0.29, 0.717) is 0 Å². The third kappa shape index (κ3) is 4.12. The second-order valence-electron chi connectivity index (χ2n) is 3.22. The highest BCUT2D eigenvalue weighted by Crippen LogP contribution is 2.15. The predicted molar refractivity (Wildman–Crippen MR) is 60.8 cm³/mol. The molecule has 0 radical (unpaired) electrons. The third-order valence-corrected chi connectivity index (χ3v) is 3.17. The van der Waals surface area contributed by atoms with Crippen LogP contribution in [0.25, 0.3) is 0 Å². The molecule has 0 aliphatic carbocycles. The SMILES string of the molecule is N#Cc1ccccc1NS(=O)(=O)CCC(=O)O. The standard InChI is InChI=1S/C10H10N2O4S/c11-7-8-3-1-2-4-9(8)12-17(15,16)6-5-10(13)14/h1-4,12H,5-6H2,(H,13,14). The Bertz CT molecular complexity index is 560. The first-order valence-corrected chi connectivity index (χ1v) is 6.31. The maximum Gasteiger partial charge on any atom is 0.304 e. The van der Waals surface area contributed by atoms with E-state index in [-0.39, 0.29) is 11.3 Å². The number of hydrogen-bond acceptors (Lipinski definition) is 4. The summed E-state index contributed by atoms with van der Waals surface area (Å²) in [6, 6.07) is 7.93. The zero-order valence-electron chi connectivity index (χ0n) is 8.75. The largest absolute Gasteiger partial charge is 0.481 e. The van der Waals surface area contributed by atoms with E-state index in [4.69, 9.17) is 10.4 Å². The van der Waals surface area contributed by atoms with Crippen molar-refractivity contribution in [1.82, 2.24) is 0 Å². The van der Waals surface area contributed by atoms with Gasteiger partial charge in [-0.3, -0.25) is 9.52 Å². The van der Waals surface area contributed by atoms with Gasteiger partial charge in [0.1, 0.15) is 6.07 Å². The van der Waals surface area contributed by atoms with E-state index in [1.807, 2.05) is 6.07 Å². The molecule has 0 unspecified atom stereocenters. The molecule has 0 heterocycles. The van der Waals surface area contributed by atoms with Gasteiger partial charge in [-0.05, 0) is 12.1 Å². The number of carboxylic acids is 1. The number of nitriles is 1. The summed E-state index contributed by atoms with van der Waals surface area (Å²) in [5, 5.41) is 17.2. The second-order valence-corrected chi connectivity index (χ2v) is 5.06. The number of anilines is 1. The first-order chi connectivity index (χ1) is 7.94. The van der Waals surface area contributed by atoms with Gasteiger partial charge in [0, 0.05) is 0 Å². The van der Waals surface area contributed by atoms with Crippen molar-refractivity contribution in [2.45, 2.75) is 6.42 Å². The number of nitrogens with zero attached hydrogens (tertiary/aromatic N) is 1. The smallest absolute Gasteiger partial charge is 0.304 e. The Kier molecular flexibility index (Phi) is 4.06. The molecule has 0 saturated carbocycles. The van der Waals surface area contributed by atoms with Gasteiger partial charge in [-0.2, -0.15) is 5.26 Å². The van der Waals surface area contributed by atoms with Crippen LogP contribution in [0.2, 0.25) is 0 Å². The predicted octanol–water partition coefficient (Wildman–Crippen LogP) is 0.775. The Labute approximate surface area is 98.6 Å². The maximum atomic E-state index is 11.5. The lowest BCUT2D eigenvalue weighted by Gasteiger charge is -2.07. The van der Waals surface area contributed by atoms with Gasteiger partial charge in [-0.25, -0.2) is 8.42 Å². The number of para-hydroxylation sites is 1. The molecule has 0 atom stereocenters. The summed E-state index contributed by atoms with van der Waals surface area (Å²) in [5.41, 5.74) is 0.340. The molecule has 0 amide bonds. The minimum absolute atomic E-state index is 0.153. The average Bonchev–Trinajstić information content (AvgIpc) is 2.27. The minimum atomic E-state index is -3.74. The summed E-state index contributed by atoms with van der Waals surface area (Å²) in [6.07, 6.45) is -0.482. The van der Waals surface area contributed by atoms with Crippen LogP contribution in [-0.4, -0.2) is 25.2 Å². The normalized spacial score (nSPS) is 10.5. The summed E-state index contributed by atoms with van der Waals surface area (Å²) < 4.78 is 25.2. The first kappa shape index (κ1) is 13.0. The zero-order valence-corrected chi connectivity index (χ0v) is 9.57. The molecular formula is C10H10N2O4S. The molecule has 0 saturated heterocycles. The van der Waals surface area contributed by atoms with Crippen LogP contribution in [0.3, 0.4) is 0 Å². The molecule has 0 aliphatic heterocycles. The maximum absolute atomic E-state index is 11.5. The lowest BCUT2D eigenvalue weighted by Crippen LogP contribution is -2.19. The number of hydrogen-bond donors (Lipinski definition) is 2. The molecule has 1 aromatic carbocycles. The topological polar surface area (TPSA) is 107 Å². The average molecular weight is 254 g/mol. The van der Waals surface area contributed by atoms with Gasteiger partial charge in [0.15, 0.2) is 0 Å². The van der Waals surface area contributed by atoms with Crippen molar-refractivity contribution in [2.75, 3.05) is 10.5 Å². The highest BCUT2D eigenvalue weighted by atomic mass is 32.2. The highest BCUT2D eigenvalue weighted by Gasteiger charge is 2.14. The molecule has 6 nitrogen and oxygen atoms in total. The Morgan fingerprint density at radius 3 is 2.65 bits per heavy atom. The lowest BCUT2D eigenvalue weighted by atomic mass is 10.2. The summed E-state index contributed by atoms with van der Waals surface area (Å²) in [5.74, 6) is -1.72. The van der Waals surface area contributed by atoms with Crippen LogP contribution in [0.5, 0.6) is 0 Å². The summed E-state index contributed by atoms with van der Waals surface area (Å²) >= 11 is 0. The van der Waals surface area contributed by atoms with Crippen molar-refractivity contribution >= 4 is 21.7 Å². The second kappa shape index (κ2) is 5.32. The van der Waals surface area contributed by atoms with Gasteiger partial charge in [0.05, 0.1) is 23.4 Å². The molecule has 0 fully saturated rings. The van der Waals surface area contributed by atoms with Gasteiger partial charge in [0.2, 0.25) is 10.0 Å². The third-order valence-electron chi connectivity index (χ3n) is 1.90. The van der Waals surface area contributed by atoms with Gasteiger partial charge >= 0.3 is 5.97 Å². The Hall–Kier alpha value is -2.07. The van der Waals surface area contributed by atoms with Gasteiger partial charge < -0.3 is 5.11 Å². The molecule has 90 valence electrons. The number of carboxylic acid groups (broad SMARTS) is 1. The summed E-state index contributed by atoms with van der Waals surface area (Å²) in [6.45, 7) is 0. The van der Waals surface area contributed by atoms with Crippen molar-refractivity contribution in [3.63, 3.8) is 0 Å². The molecule has 0 bridgehead atoms. The minimum Gasteiger partial charge on any atom is -0.481 e. The molecule has 7 heteroatoms. The van der Waals surface area contributed by atoms with E-state index in [1.165, 1.54) is 12.1 Å². The fourth-order valence-corrected chi connectivity index (χ4v) is 2.17. The lowest BCUT2D eigenvalue weighted by molar-refractivity contribution is -0.136. The Morgan fingerprint density at radius 2 is 2.06 bits per heavy atom. The van der Waals surface area contributed by atoms with Crippen LogP contribution in [-0.2, 0) is 14.8 Å². The molecule has 1 aromatic rings. The molecule has 0 spiro atoms. The van der Waals surface area contributed by atoms with E-state index >= 15 is 0 Å². The van der Waals surface area contributed by atoms with Gasteiger partial charge in [-0.15, -0.1) is 0 Å². The van der Waals surface area contributed by atoms with E-state index < -0.39 is 28.2 Å². The molecule has 17 heavy (non-hydrogen) atoms. The number of sulfonamides is 1. The van der Waals surface area contributed by atoms with E-state index in [1.54, 1.807) is 12.1 Å². The van der Waals surface area contributed by atoms with E-state index in [0.717, 1.165) is 0 Å². The van der Waals surface area contributed by atoms with Crippen molar-refractivity contribution in [1.29, 1.82) is 5.26 Å². The quantitative estimate of drug-likeness (QED) is 0.807. The van der Waals surface area contributed by atoms with Crippen LogP contribution in [0.4, 0.5) is 5.69 Å². The molecular weight excluding hydrogens is 244 g/mol. The summed E-state index contributed by atoms with van der Waals surface area (Å²) in [4.78, 5) is 10.3. The Morgan fingerprint density at radius 1 is 1.41 bits per heavy atom. The van der Waals surface area contributed by atoms with Crippen molar-refractivity contribution < 1.29 is 18.3 Å². The fourth-order valence-electron chi connectivity index (χ4n) is 1.11. The number of nitrogens with one attached hydrogen (secondary N) is 1. The zero-order chi connectivity index (χ0) is 12.9. The van der Waals surface area contributed by atoms with Crippen LogP contribution in [0.1, 0.15) is 12.0 Å². The van der Waals surface area contributed by atoms with Gasteiger partial charge in [0.25, 0.3) is 0 Å². The molecule has 2 N–H and O–H groups in total. The van der Waals surface area contributed by atoms with Crippen molar-refractivity contribution in [2.24, 2.45) is 0 Å². The molecule has 0 aliphatic rings. The van der Waals surface area contributed by atoms with Crippen LogP contribution in [0.15, 0.2) is 24.3 Å². The fraction of sp³-hybridized carbons (Fsp3) is 0.200. The highest BCUT2D eigenvalue weighted by molar-refractivity contribution is 7.92. The number of benzene rings is 1.